The molecule has 0 unspecified atom stereocenters. The zero-order chi connectivity index (χ0) is 13.9. The topological polar surface area (TPSA) is 50.7 Å². The maximum Gasteiger partial charge on any atom is 0.167 e. The summed E-state index contributed by atoms with van der Waals surface area (Å²) in [5.41, 5.74) is 1.14. The van der Waals surface area contributed by atoms with E-state index in [1.807, 2.05) is 12.3 Å². The Balaban J connectivity index is 1.85. The molecule has 0 atom stereocenters. The number of hydrogen-bond donors (Lipinski definition) is 1. The van der Waals surface area contributed by atoms with Crippen LogP contribution in [0.3, 0.4) is 0 Å². The number of hydrogen-bond acceptors (Lipinski definition) is 6. The molecule has 0 aliphatic heterocycles. The van der Waals surface area contributed by atoms with E-state index < -0.39 is 0 Å². The summed E-state index contributed by atoms with van der Waals surface area (Å²) in [4.78, 5) is 4.44. The Morgan fingerprint density at radius 1 is 1.26 bits per heavy atom. The highest BCUT2D eigenvalue weighted by atomic mass is 32.1. The van der Waals surface area contributed by atoms with Crippen LogP contribution in [0, 0.1) is 6.92 Å². The van der Waals surface area contributed by atoms with Crippen LogP contribution in [0.5, 0.6) is 0 Å². The summed E-state index contributed by atoms with van der Waals surface area (Å²) < 4.78 is 0. The predicted octanol–water partition coefficient (Wildman–Crippen LogP) is 3.29. The minimum atomic E-state index is 0.185. The van der Waals surface area contributed by atoms with E-state index in [2.05, 4.69) is 41.3 Å². The highest BCUT2D eigenvalue weighted by Gasteiger charge is 2.10. The van der Waals surface area contributed by atoms with Gasteiger partial charge in [0.25, 0.3) is 0 Å². The fourth-order valence-electron chi connectivity index (χ4n) is 1.62. The van der Waals surface area contributed by atoms with E-state index in [-0.39, 0.29) is 5.54 Å². The van der Waals surface area contributed by atoms with E-state index >= 15 is 0 Å². The fraction of sp³-hybridized carbons (Fsp3) is 0.615. The van der Waals surface area contributed by atoms with Crippen LogP contribution in [-0.2, 0) is 6.42 Å². The Labute approximate surface area is 122 Å². The average Bonchev–Trinajstić information content (AvgIpc) is 2.92. The molecule has 0 radical (unpaired) electrons. The second kappa shape index (κ2) is 6.07. The molecule has 2 aromatic heterocycles. The van der Waals surface area contributed by atoms with Gasteiger partial charge in [0.15, 0.2) is 5.01 Å². The third kappa shape index (κ3) is 4.63. The van der Waals surface area contributed by atoms with Gasteiger partial charge in [-0.1, -0.05) is 11.3 Å². The van der Waals surface area contributed by atoms with Crippen LogP contribution in [0.2, 0.25) is 0 Å². The Bertz CT molecular complexity index is 525. The average molecular weight is 296 g/mol. The van der Waals surface area contributed by atoms with Crippen LogP contribution in [0.15, 0.2) is 5.38 Å². The van der Waals surface area contributed by atoms with E-state index in [1.54, 1.807) is 22.7 Å². The van der Waals surface area contributed by atoms with Crippen molar-refractivity contribution in [3.63, 3.8) is 0 Å². The van der Waals surface area contributed by atoms with Crippen molar-refractivity contribution in [2.45, 2.75) is 46.1 Å². The van der Waals surface area contributed by atoms with E-state index in [1.165, 1.54) is 0 Å². The second-order valence-electron chi connectivity index (χ2n) is 5.53. The van der Waals surface area contributed by atoms with Crippen molar-refractivity contribution >= 4 is 22.7 Å². The molecule has 2 aromatic rings. The molecule has 0 fully saturated rings. The number of thiazole rings is 1. The summed E-state index contributed by atoms with van der Waals surface area (Å²) in [7, 11) is 0. The first-order chi connectivity index (χ1) is 8.94. The maximum absolute atomic E-state index is 4.44. The molecule has 0 saturated heterocycles. The summed E-state index contributed by atoms with van der Waals surface area (Å²) in [6.45, 7) is 9.56. The molecular formula is C13H20N4S2. The first-order valence-electron chi connectivity index (χ1n) is 6.44. The van der Waals surface area contributed by atoms with Gasteiger partial charge in [0.2, 0.25) is 0 Å². The van der Waals surface area contributed by atoms with Crippen molar-refractivity contribution in [1.29, 1.82) is 0 Å². The molecule has 0 amide bonds. The largest absolute Gasteiger partial charge is 0.312 e. The smallest absolute Gasteiger partial charge is 0.167 e. The molecule has 19 heavy (non-hydrogen) atoms. The lowest BCUT2D eigenvalue weighted by molar-refractivity contribution is 0.422. The number of aryl methyl sites for hydroxylation is 2. The van der Waals surface area contributed by atoms with Gasteiger partial charge >= 0.3 is 0 Å². The quantitative estimate of drug-likeness (QED) is 0.860. The third-order valence-electron chi connectivity index (χ3n) is 2.53. The lowest BCUT2D eigenvalue weighted by atomic mass is 10.1. The van der Waals surface area contributed by atoms with Crippen molar-refractivity contribution in [1.82, 2.24) is 20.5 Å². The minimum Gasteiger partial charge on any atom is -0.312 e. The predicted molar refractivity (Wildman–Crippen MR) is 81.8 cm³/mol. The normalized spacial score (nSPS) is 12.0. The Hall–Kier alpha value is -0.850. The number of aromatic nitrogens is 3. The molecule has 0 aliphatic rings. The van der Waals surface area contributed by atoms with Crippen LogP contribution in [-0.4, -0.2) is 27.3 Å². The molecule has 1 N–H and O–H groups in total. The van der Waals surface area contributed by atoms with E-state index in [0.29, 0.717) is 0 Å². The Morgan fingerprint density at radius 2 is 2.05 bits per heavy atom. The van der Waals surface area contributed by atoms with Crippen molar-refractivity contribution in [2.75, 3.05) is 6.54 Å². The van der Waals surface area contributed by atoms with E-state index in [0.717, 1.165) is 40.1 Å². The van der Waals surface area contributed by atoms with Gasteiger partial charge in [0.05, 0.1) is 5.01 Å². The summed E-state index contributed by atoms with van der Waals surface area (Å²) in [6, 6.07) is 0. The molecule has 0 spiro atoms. The van der Waals surface area contributed by atoms with Gasteiger partial charge in [-0.3, -0.25) is 0 Å². The SMILES string of the molecule is Cc1nc(-c2nnc(CCCNC(C)(C)C)s2)cs1. The molecular weight excluding hydrogens is 276 g/mol. The molecule has 6 heteroatoms. The Kier molecular flexibility index (Phi) is 4.65. The molecule has 2 rings (SSSR count). The molecule has 4 nitrogen and oxygen atoms in total. The van der Waals surface area contributed by atoms with Gasteiger partial charge in [-0.2, -0.15) is 0 Å². The molecule has 0 bridgehead atoms. The van der Waals surface area contributed by atoms with Gasteiger partial charge < -0.3 is 5.32 Å². The van der Waals surface area contributed by atoms with Crippen LogP contribution in [0.4, 0.5) is 0 Å². The summed E-state index contributed by atoms with van der Waals surface area (Å²) in [5, 5.41) is 17.1. The van der Waals surface area contributed by atoms with Crippen LogP contribution in [0.1, 0.15) is 37.2 Å². The third-order valence-corrected chi connectivity index (χ3v) is 4.31. The van der Waals surface area contributed by atoms with E-state index in [9.17, 15) is 0 Å². The van der Waals surface area contributed by atoms with Gasteiger partial charge in [0, 0.05) is 17.3 Å². The molecule has 104 valence electrons. The standard InChI is InChI=1S/C13H20N4S2/c1-9-15-10(8-18-9)12-17-16-11(19-12)6-5-7-14-13(2,3)4/h8,14H,5-7H2,1-4H3. The fourth-order valence-corrected chi connectivity index (χ4v) is 3.14. The lowest BCUT2D eigenvalue weighted by Gasteiger charge is -2.20. The summed E-state index contributed by atoms with van der Waals surface area (Å²) >= 11 is 3.30. The number of nitrogens with zero attached hydrogens (tertiary/aromatic N) is 3. The molecule has 0 aliphatic carbocycles. The van der Waals surface area contributed by atoms with Crippen molar-refractivity contribution in [3.8, 4) is 10.7 Å². The van der Waals surface area contributed by atoms with Crippen molar-refractivity contribution < 1.29 is 0 Å². The molecule has 2 heterocycles. The zero-order valence-electron chi connectivity index (χ0n) is 11.9. The Morgan fingerprint density at radius 3 is 2.68 bits per heavy atom. The van der Waals surface area contributed by atoms with Gasteiger partial charge in [-0.25, -0.2) is 4.98 Å². The summed E-state index contributed by atoms with van der Waals surface area (Å²) in [5.74, 6) is 0. The van der Waals surface area contributed by atoms with Crippen molar-refractivity contribution in [3.05, 3.63) is 15.4 Å². The second-order valence-corrected chi connectivity index (χ2v) is 7.66. The highest BCUT2D eigenvalue weighted by Crippen LogP contribution is 2.25. The zero-order valence-corrected chi connectivity index (χ0v) is 13.5. The maximum atomic E-state index is 4.44. The monoisotopic (exact) mass is 296 g/mol. The van der Waals surface area contributed by atoms with Gasteiger partial charge in [0.1, 0.15) is 10.7 Å². The molecule has 0 aromatic carbocycles. The molecule has 0 saturated carbocycles. The number of nitrogens with one attached hydrogen (secondary N) is 1. The minimum absolute atomic E-state index is 0.185. The van der Waals surface area contributed by atoms with Gasteiger partial charge in [-0.05, 0) is 40.7 Å². The highest BCUT2D eigenvalue weighted by molar-refractivity contribution is 7.15. The van der Waals surface area contributed by atoms with E-state index in [4.69, 9.17) is 0 Å². The first-order valence-corrected chi connectivity index (χ1v) is 8.13. The van der Waals surface area contributed by atoms with Gasteiger partial charge in [-0.15, -0.1) is 21.5 Å². The lowest BCUT2D eigenvalue weighted by Crippen LogP contribution is -2.36. The van der Waals surface area contributed by atoms with Crippen molar-refractivity contribution in [2.24, 2.45) is 0 Å². The van der Waals surface area contributed by atoms with Crippen LogP contribution >= 0.6 is 22.7 Å². The first kappa shape index (κ1) is 14.6. The number of rotatable bonds is 5. The summed E-state index contributed by atoms with van der Waals surface area (Å²) in [6.07, 6.45) is 2.06. The van der Waals surface area contributed by atoms with Crippen LogP contribution in [0.25, 0.3) is 10.7 Å². The van der Waals surface area contributed by atoms with Crippen LogP contribution < -0.4 is 5.32 Å².